The van der Waals surface area contributed by atoms with Gasteiger partial charge in [-0.15, -0.1) is 0 Å². The van der Waals surface area contributed by atoms with Crippen LogP contribution in [-0.2, 0) is 0 Å². The number of nitrogens with one attached hydrogen (secondary N) is 2. The molecular formula is C21H25BrN2O3S. The number of thiocarbonyl (C=S) groups is 1. The molecule has 0 spiro atoms. The van der Waals surface area contributed by atoms with E-state index in [9.17, 15) is 4.79 Å². The first-order valence-electron chi connectivity index (χ1n) is 9.16. The number of hydrogen-bond acceptors (Lipinski definition) is 4. The highest BCUT2D eigenvalue weighted by Gasteiger charge is 2.11. The molecule has 2 N–H and O–H groups in total. The van der Waals surface area contributed by atoms with Crippen LogP contribution >= 0.6 is 28.1 Å². The molecule has 0 heterocycles. The zero-order valence-corrected chi connectivity index (χ0v) is 18.7. The maximum Gasteiger partial charge on any atom is 0.257 e. The van der Waals surface area contributed by atoms with E-state index in [-0.39, 0.29) is 11.0 Å². The van der Waals surface area contributed by atoms with E-state index in [0.717, 1.165) is 22.3 Å². The predicted octanol–water partition coefficient (Wildman–Crippen LogP) is 5.40. The Morgan fingerprint density at radius 1 is 1.18 bits per heavy atom. The average molecular weight is 465 g/mol. The van der Waals surface area contributed by atoms with E-state index < -0.39 is 0 Å². The van der Waals surface area contributed by atoms with Gasteiger partial charge in [0.1, 0.15) is 11.5 Å². The molecule has 0 saturated carbocycles. The Morgan fingerprint density at radius 2 is 1.96 bits per heavy atom. The fourth-order valence-electron chi connectivity index (χ4n) is 2.33. The predicted molar refractivity (Wildman–Crippen MR) is 120 cm³/mol. The van der Waals surface area contributed by atoms with E-state index in [4.69, 9.17) is 21.7 Å². The maximum absolute atomic E-state index is 12.5. The Balaban J connectivity index is 1.93. The Hall–Kier alpha value is -2.12. The maximum atomic E-state index is 12.5. The van der Waals surface area contributed by atoms with Crippen LogP contribution in [0.4, 0.5) is 5.69 Å². The molecule has 1 amide bonds. The molecule has 0 radical (unpaired) electrons. The summed E-state index contributed by atoms with van der Waals surface area (Å²) in [5.41, 5.74) is 1.22. The summed E-state index contributed by atoms with van der Waals surface area (Å²) in [7, 11) is 0. The van der Waals surface area contributed by atoms with Crippen LogP contribution in [0.25, 0.3) is 0 Å². The van der Waals surface area contributed by atoms with Gasteiger partial charge in [0, 0.05) is 17.3 Å². The minimum atomic E-state index is -0.298. The molecule has 7 heteroatoms. The van der Waals surface area contributed by atoms with Gasteiger partial charge in [-0.3, -0.25) is 10.1 Å². The molecule has 28 heavy (non-hydrogen) atoms. The fourth-order valence-corrected chi connectivity index (χ4v) is 3.04. The summed E-state index contributed by atoms with van der Waals surface area (Å²) in [5, 5.41) is 5.88. The summed E-state index contributed by atoms with van der Waals surface area (Å²) < 4.78 is 11.9. The number of halogens is 1. The third-order valence-corrected chi connectivity index (χ3v) is 4.60. The lowest BCUT2D eigenvalue weighted by atomic mass is 10.1. The van der Waals surface area contributed by atoms with Crippen molar-refractivity contribution in [2.45, 2.75) is 27.2 Å². The molecule has 0 atom stereocenters. The monoisotopic (exact) mass is 464 g/mol. The highest BCUT2D eigenvalue weighted by molar-refractivity contribution is 9.10. The number of ether oxygens (including phenoxy) is 2. The second-order valence-electron chi connectivity index (χ2n) is 6.55. The van der Waals surface area contributed by atoms with Crippen LogP contribution in [0, 0.1) is 5.92 Å². The van der Waals surface area contributed by atoms with Gasteiger partial charge in [-0.05, 0) is 77.7 Å². The van der Waals surface area contributed by atoms with Crippen LogP contribution in [0.2, 0.25) is 0 Å². The summed E-state index contributed by atoms with van der Waals surface area (Å²) in [6, 6.07) is 12.6. The zero-order chi connectivity index (χ0) is 20.5. The van der Waals surface area contributed by atoms with Crippen LogP contribution in [-0.4, -0.2) is 24.2 Å². The van der Waals surface area contributed by atoms with Crippen LogP contribution in [0.1, 0.15) is 37.6 Å². The van der Waals surface area contributed by atoms with Crippen LogP contribution in [0.5, 0.6) is 11.5 Å². The van der Waals surface area contributed by atoms with Gasteiger partial charge in [0.25, 0.3) is 5.91 Å². The molecular weight excluding hydrogens is 440 g/mol. The smallest absolute Gasteiger partial charge is 0.257 e. The first-order valence-corrected chi connectivity index (χ1v) is 10.4. The largest absolute Gasteiger partial charge is 0.494 e. The number of anilines is 1. The molecule has 150 valence electrons. The highest BCUT2D eigenvalue weighted by Crippen LogP contribution is 2.26. The van der Waals surface area contributed by atoms with Gasteiger partial charge in [0.2, 0.25) is 0 Å². The molecule has 0 bridgehead atoms. The van der Waals surface area contributed by atoms with Crippen LogP contribution in [0.15, 0.2) is 46.9 Å². The topological polar surface area (TPSA) is 59.6 Å². The van der Waals surface area contributed by atoms with Crippen LogP contribution < -0.4 is 20.1 Å². The van der Waals surface area contributed by atoms with Crippen molar-refractivity contribution in [1.29, 1.82) is 0 Å². The van der Waals surface area contributed by atoms with E-state index in [2.05, 4.69) is 40.4 Å². The Kier molecular flexibility index (Phi) is 8.73. The third kappa shape index (κ3) is 7.13. The van der Waals surface area contributed by atoms with Crippen molar-refractivity contribution in [2.24, 2.45) is 5.92 Å². The first-order chi connectivity index (χ1) is 13.4. The normalized spacial score (nSPS) is 10.5. The fraction of sp³-hybridized carbons (Fsp3) is 0.333. The molecule has 2 rings (SSSR count). The summed E-state index contributed by atoms with van der Waals surface area (Å²) in [4.78, 5) is 12.5. The van der Waals surface area contributed by atoms with Gasteiger partial charge in [-0.25, -0.2) is 0 Å². The first kappa shape index (κ1) is 22.2. The van der Waals surface area contributed by atoms with Crippen LogP contribution in [0.3, 0.4) is 0 Å². The third-order valence-electron chi connectivity index (χ3n) is 3.78. The Bertz CT molecular complexity index is 827. The minimum Gasteiger partial charge on any atom is -0.494 e. The molecule has 0 unspecified atom stereocenters. The van der Waals surface area contributed by atoms with Crippen molar-refractivity contribution in [2.75, 3.05) is 18.5 Å². The quantitative estimate of drug-likeness (QED) is 0.512. The SMILES string of the molecule is CCOc1cccc(NC(=S)NC(=O)c2ccc(OCCC(C)C)c(Br)c2)c1. The van der Waals surface area contributed by atoms with E-state index in [1.165, 1.54) is 0 Å². The van der Waals surface area contributed by atoms with E-state index in [0.29, 0.717) is 30.4 Å². The lowest BCUT2D eigenvalue weighted by molar-refractivity contribution is 0.0977. The number of hydrogen-bond donors (Lipinski definition) is 2. The van der Waals surface area contributed by atoms with Crippen molar-refractivity contribution >= 4 is 44.9 Å². The lowest BCUT2D eigenvalue weighted by Crippen LogP contribution is -2.34. The second kappa shape index (κ2) is 11.0. The molecule has 0 aliphatic heterocycles. The molecule has 2 aromatic carbocycles. The van der Waals surface area contributed by atoms with Crippen molar-refractivity contribution < 1.29 is 14.3 Å². The van der Waals surface area contributed by atoms with Crippen molar-refractivity contribution in [3.8, 4) is 11.5 Å². The van der Waals surface area contributed by atoms with Crippen molar-refractivity contribution in [1.82, 2.24) is 5.32 Å². The number of benzene rings is 2. The standard InChI is InChI=1S/C21H25BrN2O3S/c1-4-26-17-7-5-6-16(13-17)23-21(28)24-20(25)15-8-9-19(18(22)12-15)27-11-10-14(2)3/h5-9,12-14H,4,10-11H2,1-3H3,(H2,23,24,25,28). The zero-order valence-electron chi connectivity index (χ0n) is 16.3. The number of amides is 1. The van der Waals surface area contributed by atoms with E-state index in [1.54, 1.807) is 18.2 Å². The van der Waals surface area contributed by atoms with Gasteiger partial charge in [0.15, 0.2) is 5.11 Å². The summed E-state index contributed by atoms with van der Waals surface area (Å²) in [6.45, 7) is 7.43. The van der Waals surface area contributed by atoms with E-state index in [1.807, 2.05) is 31.2 Å². The van der Waals surface area contributed by atoms with E-state index >= 15 is 0 Å². The number of carbonyl (C=O) groups excluding carboxylic acids is 1. The summed E-state index contributed by atoms with van der Waals surface area (Å²) >= 11 is 8.70. The second-order valence-corrected chi connectivity index (χ2v) is 7.81. The summed E-state index contributed by atoms with van der Waals surface area (Å²) in [6.07, 6.45) is 0.971. The Labute approximate surface area is 179 Å². The molecule has 0 aliphatic carbocycles. The lowest BCUT2D eigenvalue weighted by Gasteiger charge is -2.13. The van der Waals surface area contributed by atoms with Gasteiger partial charge in [-0.2, -0.15) is 0 Å². The number of rotatable bonds is 8. The molecule has 0 fully saturated rings. The molecule has 0 aliphatic rings. The van der Waals surface area contributed by atoms with Gasteiger partial charge in [0.05, 0.1) is 17.7 Å². The average Bonchev–Trinajstić information content (AvgIpc) is 2.63. The molecule has 5 nitrogen and oxygen atoms in total. The molecule has 2 aromatic rings. The highest BCUT2D eigenvalue weighted by atomic mass is 79.9. The number of carbonyl (C=O) groups is 1. The molecule has 0 aromatic heterocycles. The van der Waals surface area contributed by atoms with Gasteiger partial charge < -0.3 is 14.8 Å². The Morgan fingerprint density at radius 3 is 2.64 bits per heavy atom. The van der Waals surface area contributed by atoms with Crippen molar-refractivity contribution in [3.63, 3.8) is 0 Å². The van der Waals surface area contributed by atoms with Crippen molar-refractivity contribution in [3.05, 3.63) is 52.5 Å². The molecule has 0 saturated heterocycles. The van der Waals surface area contributed by atoms with Gasteiger partial charge in [-0.1, -0.05) is 19.9 Å². The van der Waals surface area contributed by atoms with Gasteiger partial charge >= 0.3 is 0 Å². The minimum absolute atomic E-state index is 0.215. The summed E-state index contributed by atoms with van der Waals surface area (Å²) in [5.74, 6) is 1.73.